The first kappa shape index (κ1) is 10.8. The second-order valence-electron chi connectivity index (χ2n) is 3.20. The van der Waals surface area contributed by atoms with Crippen molar-refractivity contribution in [1.82, 2.24) is 0 Å². The van der Waals surface area contributed by atoms with Crippen LogP contribution in [0.1, 0.15) is 11.1 Å². The minimum absolute atomic E-state index is 0.544. The molecule has 0 aliphatic heterocycles. The third-order valence-electron chi connectivity index (χ3n) is 2.05. The van der Waals surface area contributed by atoms with Crippen molar-refractivity contribution >= 4 is 0 Å². The van der Waals surface area contributed by atoms with Gasteiger partial charge < -0.3 is 10.5 Å². The Balaban J connectivity index is 2.89. The van der Waals surface area contributed by atoms with E-state index in [-0.39, 0.29) is 0 Å². The Kier molecular flexibility index (Phi) is 4.20. The predicted octanol–water partition coefficient (Wildman–Crippen LogP) is 2.06. The molecule has 1 aromatic carbocycles. The number of rotatable bonds is 5. The highest BCUT2D eigenvalue weighted by Crippen LogP contribution is 2.23. The molecule has 0 bridgehead atoms. The lowest BCUT2D eigenvalue weighted by molar-refractivity contribution is 0.356. The topological polar surface area (TPSA) is 35.2 Å². The molecule has 0 aromatic heterocycles. The maximum absolute atomic E-state index is 5.60. The van der Waals surface area contributed by atoms with Crippen LogP contribution >= 0.6 is 0 Å². The molecule has 0 unspecified atom stereocenters. The molecule has 0 radical (unpaired) electrons. The van der Waals surface area contributed by atoms with Crippen molar-refractivity contribution in [2.45, 2.75) is 13.3 Å². The van der Waals surface area contributed by atoms with E-state index in [1.807, 2.05) is 19.1 Å². The summed E-state index contributed by atoms with van der Waals surface area (Å²) in [6.07, 6.45) is 2.60. The maximum Gasteiger partial charge on any atom is 0.125 e. The SMILES string of the molecule is C=CCOc1c(C)cccc1CCN. The zero-order valence-electron chi connectivity index (χ0n) is 8.62. The standard InChI is InChI=1S/C12H17NO/c1-3-9-14-12-10(2)5-4-6-11(12)7-8-13/h3-6H,1,7-9,13H2,2H3. The molecule has 2 nitrogen and oxygen atoms in total. The first-order valence-electron chi connectivity index (χ1n) is 4.82. The first-order valence-corrected chi connectivity index (χ1v) is 4.82. The summed E-state index contributed by atoms with van der Waals surface area (Å²) in [5.41, 5.74) is 7.86. The summed E-state index contributed by atoms with van der Waals surface area (Å²) in [5, 5.41) is 0. The third-order valence-corrected chi connectivity index (χ3v) is 2.05. The van der Waals surface area contributed by atoms with Crippen molar-refractivity contribution < 1.29 is 4.74 Å². The van der Waals surface area contributed by atoms with Crippen molar-refractivity contribution in [3.63, 3.8) is 0 Å². The Labute approximate surface area is 85.4 Å². The largest absolute Gasteiger partial charge is 0.489 e. The number of ether oxygens (including phenoxy) is 1. The Morgan fingerprint density at radius 1 is 1.50 bits per heavy atom. The fourth-order valence-corrected chi connectivity index (χ4v) is 1.41. The molecule has 0 saturated carbocycles. The van der Waals surface area contributed by atoms with E-state index in [9.17, 15) is 0 Å². The molecule has 0 heterocycles. The fraction of sp³-hybridized carbons (Fsp3) is 0.333. The average molecular weight is 191 g/mol. The smallest absolute Gasteiger partial charge is 0.125 e. The highest BCUT2D eigenvalue weighted by atomic mass is 16.5. The number of benzene rings is 1. The minimum Gasteiger partial charge on any atom is -0.489 e. The fourth-order valence-electron chi connectivity index (χ4n) is 1.41. The lowest BCUT2D eigenvalue weighted by atomic mass is 10.1. The second kappa shape index (κ2) is 5.45. The van der Waals surface area contributed by atoms with Gasteiger partial charge in [0.15, 0.2) is 0 Å². The second-order valence-corrected chi connectivity index (χ2v) is 3.20. The molecule has 0 atom stereocenters. The highest BCUT2D eigenvalue weighted by molar-refractivity contribution is 5.41. The van der Waals surface area contributed by atoms with Crippen LogP contribution in [-0.2, 0) is 6.42 Å². The van der Waals surface area contributed by atoms with E-state index in [4.69, 9.17) is 10.5 Å². The maximum atomic E-state index is 5.60. The van der Waals surface area contributed by atoms with Gasteiger partial charge in [-0.15, -0.1) is 0 Å². The summed E-state index contributed by atoms with van der Waals surface area (Å²) >= 11 is 0. The third kappa shape index (κ3) is 2.60. The Bertz CT molecular complexity index is 307. The molecule has 1 rings (SSSR count). The molecule has 0 aliphatic rings. The van der Waals surface area contributed by atoms with Gasteiger partial charge in [0.05, 0.1) is 0 Å². The molecule has 2 heteroatoms. The van der Waals surface area contributed by atoms with Gasteiger partial charge >= 0.3 is 0 Å². The van der Waals surface area contributed by atoms with E-state index in [1.54, 1.807) is 6.08 Å². The number of hydrogen-bond donors (Lipinski definition) is 1. The Morgan fingerprint density at radius 2 is 2.29 bits per heavy atom. The van der Waals surface area contributed by atoms with Crippen LogP contribution in [0.15, 0.2) is 30.9 Å². The normalized spacial score (nSPS) is 9.86. The molecule has 14 heavy (non-hydrogen) atoms. The minimum atomic E-state index is 0.544. The molecule has 76 valence electrons. The van der Waals surface area contributed by atoms with Crippen LogP contribution in [0.2, 0.25) is 0 Å². The van der Waals surface area contributed by atoms with Crippen LogP contribution in [0.4, 0.5) is 0 Å². The predicted molar refractivity (Wildman–Crippen MR) is 59.6 cm³/mol. The van der Waals surface area contributed by atoms with Crippen LogP contribution in [0.3, 0.4) is 0 Å². The lowest BCUT2D eigenvalue weighted by Gasteiger charge is -2.12. The Morgan fingerprint density at radius 3 is 2.93 bits per heavy atom. The Hall–Kier alpha value is -1.28. The summed E-state index contributed by atoms with van der Waals surface area (Å²) in [6.45, 7) is 6.86. The number of hydrogen-bond acceptors (Lipinski definition) is 2. The van der Waals surface area contributed by atoms with E-state index in [1.165, 1.54) is 5.56 Å². The van der Waals surface area contributed by atoms with Crippen LogP contribution < -0.4 is 10.5 Å². The van der Waals surface area contributed by atoms with Gasteiger partial charge in [0, 0.05) is 0 Å². The van der Waals surface area contributed by atoms with Gasteiger partial charge in [-0.2, -0.15) is 0 Å². The van der Waals surface area contributed by atoms with Gasteiger partial charge in [0.1, 0.15) is 12.4 Å². The van der Waals surface area contributed by atoms with Gasteiger partial charge in [0.25, 0.3) is 0 Å². The van der Waals surface area contributed by atoms with Crippen LogP contribution in [0.5, 0.6) is 5.75 Å². The molecule has 0 aliphatic carbocycles. The average Bonchev–Trinajstić information content (AvgIpc) is 2.18. The van der Waals surface area contributed by atoms with E-state index in [0.29, 0.717) is 13.2 Å². The quantitative estimate of drug-likeness (QED) is 0.723. The van der Waals surface area contributed by atoms with Crippen LogP contribution in [0, 0.1) is 6.92 Å². The van der Waals surface area contributed by atoms with Gasteiger partial charge in [-0.3, -0.25) is 0 Å². The van der Waals surface area contributed by atoms with Gasteiger partial charge in [0.2, 0.25) is 0 Å². The zero-order valence-corrected chi connectivity index (χ0v) is 8.62. The zero-order chi connectivity index (χ0) is 10.4. The lowest BCUT2D eigenvalue weighted by Crippen LogP contribution is -2.06. The molecule has 0 amide bonds. The van der Waals surface area contributed by atoms with Gasteiger partial charge in [-0.1, -0.05) is 30.9 Å². The summed E-state index contributed by atoms with van der Waals surface area (Å²) < 4.78 is 5.60. The monoisotopic (exact) mass is 191 g/mol. The summed E-state index contributed by atoms with van der Waals surface area (Å²) in [4.78, 5) is 0. The molecule has 0 saturated heterocycles. The summed E-state index contributed by atoms with van der Waals surface area (Å²) in [6, 6.07) is 6.12. The number of nitrogens with two attached hydrogens (primary N) is 1. The first-order chi connectivity index (χ1) is 6.79. The van der Waals surface area contributed by atoms with Gasteiger partial charge in [-0.05, 0) is 31.0 Å². The van der Waals surface area contributed by atoms with E-state index >= 15 is 0 Å². The van der Waals surface area contributed by atoms with Crippen molar-refractivity contribution in [2.75, 3.05) is 13.2 Å². The molecular weight excluding hydrogens is 174 g/mol. The summed E-state index contributed by atoms with van der Waals surface area (Å²) in [5.74, 6) is 0.956. The summed E-state index contributed by atoms with van der Waals surface area (Å²) in [7, 11) is 0. The number of aryl methyl sites for hydroxylation is 1. The number of para-hydroxylation sites is 1. The van der Waals surface area contributed by atoms with Crippen molar-refractivity contribution in [3.05, 3.63) is 42.0 Å². The van der Waals surface area contributed by atoms with E-state index < -0.39 is 0 Å². The molecular formula is C12H17NO. The van der Waals surface area contributed by atoms with Crippen LogP contribution in [0.25, 0.3) is 0 Å². The molecule has 2 N–H and O–H groups in total. The highest BCUT2D eigenvalue weighted by Gasteiger charge is 2.04. The van der Waals surface area contributed by atoms with Crippen molar-refractivity contribution in [3.8, 4) is 5.75 Å². The van der Waals surface area contributed by atoms with Crippen LogP contribution in [-0.4, -0.2) is 13.2 Å². The molecule has 0 spiro atoms. The van der Waals surface area contributed by atoms with Crippen molar-refractivity contribution in [1.29, 1.82) is 0 Å². The van der Waals surface area contributed by atoms with Gasteiger partial charge in [-0.25, -0.2) is 0 Å². The molecule has 1 aromatic rings. The van der Waals surface area contributed by atoms with E-state index in [2.05, 4.69) is 12.6 Å². The van der Waals surface area contributed by atoms with Crippen molar-refractivity contribution in [2.24, 2.45) is 5.73 Å². The van der Waals surface area contributed by atoms with E-state index in [0.717, 1.165) is 17.7 Å². The molecule has 0 fully saturated rings.